The van der Waals surface area contributed by atoms with Gasteiger partial charge in [0, 0.05) is 30.8 Å². The largest absolute Gasteiger partial charge is 0.492 e. The number of piperidine rings is 1. The van der Waals surface area contributed by atoms with Crippen LogP contribution in [-0.2, 0) is 6.61 Å². The predicted octanol–water partition coefficient (Wildman–Crippen LogP) is 5.67. The van der Waals surface area contributed by atoms with Crippen molar-refractivity contribution in [3.05, 3.63) is 65.3 Å². The molecule has 0 aliphatic carbocycles. The van der Waals surface area contributed by atoms with Crippen LogP contribution in [0.25, 0.3) is 10.9 Å². The van der Waals surface area contributed by atoms with Gasteiger partial charge in [0.2, 0.25) is 0 Å². The van der Waals surface area contributed by atoms with Crippen molar-refractivity contribution in [3.8, 4) is 11.5 Å². The molecule has 1 atom stereocenters. The third-order valence-corrected chi connectivity index (χ3v) is 6.43. The molecule has 1 saturated heterocycles. The highest BCUT2D eigenvalue weighted by Crippen LogP contribution is 2.34. The summed E-state index contributed by atoms with van der Waals surface area (Å²) in [4.78, 5) is 21.6. The number of nitrogens with zero attached hydrogens (tertiary/aromatic N) is 4. The molecule has 3 heterocycles. The van der Waals surface area contributed by atoms with E-state index in [1.54, 1.807) is 18.2 Å². The highest BCUT2D eigenvalue weighted by Gasteiger charge is 2.24. The molecule has 5 rings (SSSR count). The molecule has 2 aromatic heterocycles. The Kier molecular flexibility index (Phi) is 7.27. The molecule has 11 heteroatoms. The molecule has 0 unspecified atom stereocenters. The molecule has 2 N–H and O–H groups in total. The normalized spacial score (nSPS) is 15.5. The van der Waals surface area contributed by atoms with Crippen LogP contribution < -0.4 is 14.8 Å². The second-order valence-electron chi connectivity index (χ2n) is 8.91. The van der Waals surface area contributed by atoms with Gasteiger partial charge in [0.25, 0.3) is 0 Å². The Morgan fingerprint density at radius 3 is 2.89 bits per heavy atom. The number of aryl methyl sites for hydroxylation is 1. The third-order valence-electron chi connectivity index (χ3n) is 6.14. The molecule has 1 aliphatic rings. The Hall–Kier alpha value is -4.05. The van der Waals surface area contributed by atoms with E-state index in [-0.39, 0.29) is 12.5 Å². The molecule has 1 aliphatic heterocycles. The van der Waals surface area contributed by atoms with Crippen LogP contribution in [0.4, 0.5) is 16.3 Å². The highest BCUT2D eigenvalue weighted by molar-refractivity contribution is 6.32. The number of amides is 1. The van der Waals surface area contributed by atoms with Crippen LogP contribution in [0.2, 0.25) is 5.02 Å². The van der Waals surface area contributed by atoms with Crippen molar-refractivity contribution < 1.29 is 23.9 Å². The number of ether oxygens (including phenoxy) is 2. The number of aromatic nitrogens is 3. The molecule has 37 heavy (non-hydrogen) atoms. The molecule has 192 valence electrons. The number of hydrogen-bond acceptors (Lipinski definition) is 8. The van der Waals surface area contributed by atoms with Gasteiger partial charge in [0.1, 0.15) is 41.7 Å². The molecule has 0 spiro atoms. The second kappa shape index (κ2) is 10.9. The van der Waals surface area contributed by atoms with Crippen LogP contribution in [0.15, 0.2) is 53.3 Å². The van der Waals surface area contributed by atoms with Gasteiger partial charge >= 0.3 is 6.09 Å². The number of carbonyl (C=O) groups is 1. The van der Waals surface area contributed by atoms with Gasteiger partial charge in [-0.3, -0.25) is 0 Å². The number of benzene rings is 2. The zero-order valence-electron chi connectivity index (χ0n) is 20.2. The minimum Gasteiger partial charge on any atom is -0.492 e. The summed E-state index contributed by atoms with van der Waals surface area (Å²) >= 11 is 6.47. The quantitative estimate of drug-likeness (QED) is 0.300. The average molecular weight is 524 g/mol. The summed E-state index contributed by atoms with van der Waals surface area (Å²) in [7, 11) is 0. The minimum atomic E-state index is -0.891. The maximum absolute atomic E-state index is 11.4. The summed E-state index contributed by atoms with van der Waals surface area (Å²) in [5, 5.41) is 17.7. The lowest BCUT2D eigenvalue weighted by molar-refractivity contribution is 0.105. The lowest BCUT2D eigenvalue weighted by Crippen LogP contribution is -2.40. The number of likely N-dealkylation sites (tertiary alicyclic amines) is 1. The van der Waals surface area contributed by atoms with Gasteiger partial charge in [0.15, 0.2) is 0 Å². The van der Waals surface area contributed by atoms with Crippen LogP contribution in [-0.4, -0.2) is 50.9 Å². The van der Waals surface area contributed by atoms with Crippen LogP contribution in [0.5, 0.6) is 11.5 Å². The fourth-order valence-corrected chi connectivity index (χ4v) is 4.58. The lowest BCUT2D eigenvalue weighted by atomic mass is 9.99. The van der Waals surface area contributed by atoms with Gasteiger partial charge in [-0.15, -0.1) is 0 Å². The minimum absolute atomic E-state index is 0.119. The van der Waals surface area contributed by atoms with E-state index in [9.17, 15) is 9.90 Å². The third kappa shape index (κ3) is 5.86. The summed E-state index contributed by atoms with van der Waals surface area (Å²) < 4.78 is 17.0. The SMILES string of the molecule is Cc1cc(COc2ccc(Nc3ncnc4cccc(OC[C@@H]5CCCN(C(=O)O)C5)c34)cc2Cl)no1. The van der Waals surface area contributed by atoms with E-state index in [2.05, 4.69) is 20.4 Å². The van der Waals surface area contributed by atoms with E-state index in [0.29, 0.717) is 59.2 Å². The van der Waals surface area contributed by atoms with E-state index in [4.69, 9.17) is 25.6 Å². The first-order valence-electron chi connectivity index (χ1n) is 11.9. The maximum Gasteiger partial charge on any atom is 0.407 e. The van der Waals surface area contributed by atoms with E-state index in [1.165, 1.54) is 11.2 Å². The molecule has 0 saturated carbocycles. The smallest absolute Gasteiger partial charge is 0.407 e. The molecule has 0 radical (unpaired) electrons. The Balaban J connectivity index is 1.31. The van der Waals surface area contributed by atoms with Gasteiger partial charge in [-0.05, 0) is 50.1 Å². The number of nitrogens with one attached hydrogen (secondary N) is 1. The molecule has 4 aromatic rings. The summed E-state index contributed by atoms with van der Waals surface area (Å²) in [6.07, 6.45) is 2.33. The van der Waals surface area contributed by atoms with Gasteiger partial charge < -0.3 is 29.3 Å². The Morgan fingerprint density at radius 1 is 1.22 bits per heavy atom. The number of anilines is 2. The fourth-order valence-electron chi connectivity index (χ4n) is 4.35. The Morgan fingerprint density at radius 2 is 2.11 bits per heavy atom. The highest BCUT2D eigenvalue weighted by atomic mass is 35.5. The fraction of sp³-hybridized carbons (Fsp3) is 0.308. The van der Waals surface area contributed by atoms with Crippen molar-refractivity contribution >= 4 is 40.1 Å². The number of halogens is 1. The zero-order valence-corrected chi connectivity index (χ0v) is 20.9. The first kappa shape index (κ1) is 24.6. The number of hydrogen-bond donors (Lipinski definition) is 2. The molecule has 1 fully saturated rings. The molecule has 10 nitrogen and oxygen atoms in total. The van der Waals surface area contributed by atoms with Crippen molar-refractivity contribution in [2.75, 3.05) is 25.0 Å². The maximum atomic E-state index is 11.4. The van der Waals surface area contributed by atoms with E-state index < -0.39 is 6.09 Å². The predicted molar refractivity (Wildman–Crippen MR) is 138 cm³/mol. The molecule has 1 amide bonds. The molecular weight excluding hydrogens is 498 g/mol. The molecule has 2 aromatic carbocycles. The van der Waals surface area contributed by atoms with Gasteiger partial charge in [-0.25, -0.2) is 14.8 Å². The van der Waals surface area contributed by atoms with E-state index >= 15 is 0 Å². The summed E-state index contributed by atoms with van der Waals surface area (Å²) in [6.45, 7) is 3.49. The van der Waals surface area contributed by atoms with Crippen LogP contribution in [0.1, 0.15) is 24.3 Å². The standard InChI is InChI=1S/C26H26ClN5O5/c1-16-10-19(31-37-16)14-36-22-8-7-18(11-20(22)27)30-25-24-21(28-15-29-25)5-2-6-23(24)35-13-17-4-3-9-32(12-17)26(33)34/h2,5-8,10-11,15,17H,3-4,9,12-14H2,1H3,(H,33,34)(H,28,29,30)/t17-/m1/s1. The number of carboxylic acid groups (broad SMARTS) is 1. The average Bonchev–Trinajstić information content (AvgIpc) is 3.32. The molecule has 0 bridgehead atoms. The summed E-state index contributed by atoms with van der Waals surface area (Å²) in [5.74, 6) is 2.55. The first-order valence-corrected chi connectivity index (χ1v) is 12.3. The number of fused-ring (bicyclic) bond motifs is 1. The Bertz CT molecular complexity index is 1410. The van der Waals surface area contributed by atoms with Gasteiger partial charge in [-0.1, -0.05) is 22.8 Å². The van der Waals surface area contributed by atoms with Crippen molar-refractivity contribution in [1.29, 1.82) is 0 Å². The monoisotopic (exact) mass is 523 g/mol. The Labute approximate surface area is 218 Å². The number of rotatable bonds is 8. The van der Waals surface area contributed by atoms with E-state index in [1.807, 2.05) is 31.2 Å². The van der Waals surface area contributed by atoms with Crippen LogP contribution in [0, 0.1) is 12.8 Å². The lowest BCUT2D eigenvalue weighted by Gasteiger charge is -2.30. The van der Waals surface area contributed by atoms with E-state index in [0.717, 1.165) is 23.7 Å². The summed E-state index contributed by atoms with van der Waals surface area (Å²) in [6, 6.07) is 12.8. The van der Waals surface area contributed by atoms with Crippen molar-refractivity contribution in [2.45, 2.75) is 26.4 Å². The van der Waals surface area contributed by atoms with Crippen LogP contribution in [0.3, 0.4) is 0 Å². The van der Waals surface area contributed by atoms with Gasteiger partial charge in [0.05, 0.1) is 22.5 Å². The first-order chi connectivity index (χ1) is 18.0. The topological polar surface area (TPSA) is 123 Å². The second-order valence-corrected chi connectivity index (χ2v) is 9.32. The summed E-state index contributed by atoms with van der Waals surface area (Å²) in [5.41, 5.74) is 2.12. The van der Waals surface area contributed by atoms with Crippen molar-refractivity contribution in [1.82, 2.24) is 20.0 Å². The van der Waals surface area contributed by atoms with Crippen LogP contribution >= 0.6 is 11.6 Å². The van der Waals surface area contributed by atoms with Crippen molar-refractivity contribution in [2.24, 2.45) is 5.92 Å². The zero-order chi connectivity index (χ0) is 25.8. The molecular formula is C26H26ClN5O5. The van der Waals surface area contributed by atoms with Gasteiger partial charge in [-0.2, -0.15) is 0 Å². The van der Waals surface area contributed by atoms with Crippen molar-refractivity contribution in [3.63, 3.8) is 0 Å².